The molecule has 1 aliphatic heterocycles. The van der Waals surface area contributed by atoms with Gasteiger partial charge in [0.15, 0.2) is 15.0 Å². The minimum absolute atomic E-state index is 0.179. The summed E-state index contributed by atoms with van der Waals surface area (Å²) in [6.07, 6.45) is 1.14. The van der Waals surface area contributed by atoms with E-state index in [0.29, 0.717) is 42.0 Å². The lowest BCUT2D eigenvalue weighted by Crippen LogP contribution is -2.43. The quantitative estimate of drug-likeness (QED) is 0.539. The molecule has 1 aliphatic rings. The molecule has 0 unspecified atom stereocenters. The Labute approximate surface area is 190 Å². The molecule has 164 valence electrons. The van der Waals surface area contributed by atoms with E-state index in [0.717, 1.165) is 29.6 Å². The predicted molar refractivity (Wildman–Crippen MR) is 123 cm³/mol. The van der Waals surface area contributed by atoms with E-state index in [9.17, 15) is 13.2 Å². The molecule has 1 fully saturated rings. The maximum atomic E-state index is 13.4. The molecule has 1 amide bonds. The SMILES string of the molecule is CS(=O)(=O)c1ccc(C(=O)N(CCN2CCOCC2)c2nc3ccc(Cl)cc3s2)cc1. The molecule has 0 spiro atoms. The zero-order chi connectivity index (χ0) is 22.0. The number of fused-ring (bicyclic) bond motifs is 1. The van der Waals surface area contributed by atoms with Crippen LogP contribution in [0.25, 0.3) is 10.2 Å². The number of carbonyl (C=O) groups is 1. The number of nitrogens with zero attached hydrogens (tertiary/aromatic N) is 3. The van der Waals surface area contributed by atoms with Gasteiger partial charge in [0.1, 0.15) is 0 Å². The van der Waals surface area contributed by atoms with Crippen LogP contribution in [0.2, 0.25) is 5.02 Å². The third kappa shape index (κ3) is 5.24. The maximum Gasteiger partial charge on any atom is 0.260 e. The summed E-state index contributed by atoms with van der Waals surface area (Å²) in [6, 6.07) is 11.5. The van der Waals surface area contributed by atoms with E-state index in [1.807, 2.05) is 12.1 Å². The van der Waals surface area contributed by atoms with Crippen molar-refractivity contribution in [2.45, 2.75) is 4.90 Å². The van der Waals surface area contributed by atoms with Crippen molar-refractivity contribution >= 4 is 54.0 Å². The van der Waals surface area contributed by atoms with E-state index in [2.05, 4.69) is 9.88 Å². The summed E-state index contributed by atoms with van der Waals surface area (Å²) in [6.45, 7) is 4.15. The van der Waals surface area contributed by atoms with Crippen molar-refractivity contribution in [2.24, 2.45) is 0 Å². The number of aromatic nitrogens is 1. The summed E-state index contributed by atoms with van der Waals surface area (Å²) in [5.74, 6) is -0.224. The highest BCUT2D eigenvalue weighted by Gasteiger charge is 2.23. The Bertz CT molecular complexity index is 1190. The van der Waals surface area contributed by atoms with E-state index in [1.54, 1.807) is 23.1 Å². The number of carbonyl (C=O) groups excluding carboxylic acids is 1. The number of hydrogen-bond donors (Lipinski definition) is 0. The van der Waals surface area contributed by atoms with Crippen LogP contribution < -0.4 is 4.90 Å². The molecule has 0 bridgehead atoms. The summed E-state index contributed by atoms with van der Waals surface area (Å²) in [7, 11) is -3.33. The predicted octanol–water partition coefficient (Wildman–Crippen LogP) is 3.33. The normalized spacial score (nSPS) is 15.3. The first kappa shape index (κ1) is 22.2. The van der Waals surface area contributed by atoms with Crippen LogP contribution in [0.1, 0.15) is 10.4 Å². The molecule has 2 aromatic carbocycles. The number of hydrogen-bond acceptors (Lipinski definition) is 7. The second-order valence-electron chi connectivity index (χ2n) is 7.32. The van der Waals surface area contributed by atoms with Crippen molar-refractivity contribution < 1.29 is 17.9 Å². The van der Waals surface area contributed by atoms with Crippen LogP contribution in [0, 0.1) is 0 Å². The Morgan fingerprint density at radius 1 is 1.19 bits per heavy atom. The van der Waals surface area contributed by atoms with Gasteiger partial charge in [0, 0.05) is 43.0 Å². The topological polar surface area (TPSA) is 79.8 Å². The number of rotatable bonds is 6. The van der Waals surface area contributed by atoms with Crippen LogP contribution in [0.3, 0.4) is 0 Å². The molecule has 0 atom stereocenters. The maximum absolute atomic E-state index is 13.4. The number of morpholine rings is 1. The van der Waals surface area contributed by atoms with Gasteiger partial charge >= 0.3 is 0 Å². The Hall–Kier alpha value is -2.04. The van der Waals surface area contributed by atoms with Gasteiger partial charge in [0.25, 0.3) is 5.91 Å². The molecule has 1 aromatic heterocycles. The number of sulfone groups is 1. The van der Waals surface area contributed by atoms with Gasteiger partial charge in [-0.3, -0.25) is 14.6 Å². The van der Waals surface area contributed by atoms with Crippen LogP contribution in [0.5, 0.6) is 0 Å². The first-order valence-corrected chi connectivity index (χ1v) is 12.9. The lowest BCUT2D eigenvalue weighted by Gasteiger charge is -2.29. The zero-order valence-electron chi connectivity index (χ0n) is 17.0. The first-order chi connectivity index (χ1) is 14.8. The fraction of sp³-hybridized carbons (Fsp3) is 0.333. The molecular weight excluding hydrogens is 458 g/mol. The summed E-state index contributed by atoms with van der Waals surface area (Å²) in [4.78, 5) is 22.1. The molecule has 0 N–H and O–H groups in total. The second-order valence-corrected chi connectivity index (χ2v) is 10.8. The number of amides is 1. The third-order valence-corrected chi connectivity index (χ3v) is 7.49. The summed E-state index contributed by atoms with van der Waals surface area (Å²) < 4.78 is 29.8. The molecular formula is C21H22ClN3O4S2. The standard InChI is InChI=1S/C21H22ClN3O4S2/c1-31(27,28)17-5-2-15(3-6-17)20(26)25(9-8-24-10-12-29-13-11-24)21-23-18-7-4-16(22)14-19(18)30-21/h2-7,14H,8-13H2,1H3. The molecule has 10 heteroatoms. The van der Waals surface area contributed by atoms with Crippen molar-refractivity contribution in [1.82, 2.24) is 9.88 Å². The van der Waals surface area contributed by atoms with E-state index in [4.69, 9.17) is 16.3 Å². The van der Waals surface area contributed by atoms with Crippen LogP contribution in [-0.4, -0.2) is 69.9 Å². The van der Waals surface area contributed by atoms with Crippen molar-refractivity contribution in [3.8, 4) is 0 Å². The number of benzene rings is 2. The smallest absolute Gasteiger partial charge is 0.260 e. The first-order valence-electron chi connectivity index (χ1n) is 9.79. The second kappa shape index (κ2) is 9.22. The Balaban J connectivity index is 1.63. The fourth-order valence-corrected chi connectivity index (χ4v) is 5.25. The lowest BCUT2D eigenvalue weighted by molar-refractivity contribution is 0.0391. The molecule has 1 saturated heterocycles. The summed E-state index contributed by atoms with van der Waals surface area (Å²) in [5, 5.41) is 1.20. The lowest BCUT2D eigenvalue weighted by atomic mass is 10.2. The van der Waals surface area contributed by atoms with Gasteiger partial charge in [-0.05, 0) is 42.5 Å². The van der Waals surface area contributed by atoms with Gasteiger partial charge in [-0.2, -0.15) is 0 Å². The van der Waals surface area contributed by atoms with E-state index in [-0.39, 0.29) is 10.8 Å². The van der Waals surface area contributed by atoms with Gasteiger partial charge in [-0.1, -0.05) is 22.9 Å². The molecule has 0 radical (unpaired) electrons. The van der Waals surface area contributed by atoms with Gasteiger partial charge < -0.3 is 4.74 Å². The third-order valence-electron chi connectivity index (χ3n) is 5.09. The van der Waals surface area contributed by atoms with Crippen LogP contribution in [-0.2, 0) is 14.6 Å². The van der Waals surface area contributed by atoms with Crippen LogP contribution >= 0.6 is 22.9 Å². The van der Waals surface area contributed by atoms with Gasteiger partial charge in [-0.15, -0.1) is 0 Å². The van der Waals surface area contributed by atoms with Crippen molar-refractivity contribution in [2.75, 3.05) is 50.5 Å². The largest absolute Gasteiger partial charge is 0.379 e. The zero-order valence-corrected chi connectivity index (χ0v) is 19.3. The highest BCUT2D eigenvalue weighted by molar-refractivity contribution is 7.90. The minimum Gasteiger partial charge on any atom is -0.379 e. The summed E-state index contributed by atoms with van der Waals surface area (Å²) >= 11 is 7.52. The monoisotopic (exact) mass is 479 g/mol. The van der Waals surface area contributed by atoms with Gasteiger partial charge in [-0.25, -0.2) is 13.4 Å². The molecule has 31 heavy (non-hydrogen) atoms. The average molecular weight is 480 g/mol. The molecule has 7 nitrogen and oxygen atoms in total. The Morgan fingerprint density at radius 2 is 1.90 bits per heavy atom. The van der Waals surface area contributed by atoms with Crippen LogP contribution in [0.15, 0.2) is 47.4 Å². The highest BCUT2D eigenvalue weighted by Crippen LogP contribution is 2.31. The van der Waals surface area contributed by atoms with Crippen LogP contribution in [0.4, 0.5) is 5.13 Å². The van der Waals surface area contributed by atoms with Crippen molar-refractivity contribution in [3.63, 3.8) is 0 Å². The van der Waals surface area contributed by atoms with Crippen molar-refractivity contribution in [1.29, 1.82) is 0 Å². The highest BCUT2D eigenvalue weighted by atomic mass is 35.5. The summed E-state index contributed by atoms with van der Waals surface area (Å²) in [5.41, 5.74) is 1.19. The van der Waals surface area contributed by atoms with Gasteiger partial charge in [0.2, 0.25) is 0 Å². The number of ether oxygens (including phenoxy) is 1. The van der Waals surface area contributed by atoms with E-state index in [1.165, 1.54) is 23.5 Å². The molecule has 0 saturated carbocycles. The van der Waals surface area contributed by atoms with Gasteiger partial charge in [0.05, 0.1) is 28.3 Å². The number of thiazole rings is 1. The number of anilines is 1. The minimum atomic E-state index is -3.33. The fourth-order valence-electron chi connectivity index (χ4n) is 3.35. The molecule has 0 aliphatic carbocycles. The molecule has 2 heterocycles. The van der Waals surface area contributed by atoms with E-state index >= 15 is 0 Å². The average Bonchev–Trinajstić information content (AvgIpc) is 3.16. The van der Waals surface area contributed by atoms with Crippen molar-refractivity contribution in [3.05, 3.63) is 53.1 Å². The van der Waals surface area contributed by atoms with E-state index < -0.39 is 9.84 Å². The molecule has 4 rings (SSSR count). The molecule has 3 aromatic rings. The Kier molecular flexibility index (Phi) is 6.59. The Morgan fingerprint density at radius 3 is 2.58 bits per heavy atom. The number of halogens is 1.